The van der Waals surface area contributed by atoms with Crippen LogP contribution in [0, 0.1) is 6.92 Å². The number of hydrogen-bond donors (Lipinski definition) is 0. The second-order valence-electron chi connectivity index (χ2n) is 5.16. The average Bonchev–Trinajstić information content (AvgIpc) is 2.80. The Kier molecular flexibility index (Phi) is 3.89. The molecular weight excluding hydrogens is 328 g/mol. The molecule has 2 amide bonds. The monoisotopic (exact) mass is 340 g/mol. The van der Waals surface area contributed by atoms with Gasteiger partial charge in [-0.05, 0) is 31.2 Å². The summed E-state index contributed by atoms with van der Waals surface area (Å²) in [5.74, 6) is 1.10. The van der Waals surface area contributed by atoms with Crippen molar-refractivity contribution in [3.05, 3.63) is 71.4 Å². The Morgan fingerprint density at radius 3 is 2.04 bits per heavy atom. The molecule has 0 saturated carbocycles. The van der Waals surface area contributed by atoms with E-state index in [0.717, 1.165) is 16.7 Å². The molecule has 1 aliphatic heterocycles. The van der Waals surface area contributed by atoms with Crippen molar-refractivity contribution in [1.29, 1.82) is 0 Å². The van der Waals surface area contributed by atoms with E-state index < -0.39 is 21.8 Å². The van der Waals surface area contributed by atoms with Crippen molar-refractivity contribution in [3.63, 3.8) is 0 Å². The van der Waals surface area contributed by atoms with Crippen molar-refractivity contribution in [3.8, 4) is 0 Å². The van der Waals surface area contributed by atoms with Crippen molar-refractivity contribution >= 4 is 27.7 Å². The van der Waals surface area contributed by atoms with Crippen LogP contribution in [-0.4, -0.2) is 31.0 Å². The summed E-state index contributed by atoms with van der Waals surface area (Å²) in [5.41, 5.74) is 1.45. The Morgan fingerprint density at radius 2 is 1.50 bits per heavy atom. The number of carbonyl (C=O) groups excluding carboxylic acids is 2. The van der Waals surface area contributed by atoms with Gasteiger partial charge in [0.2, 0.25) is 0 Å². The van der Waals surface area contributed by atoms with E-state index >= 15 is 0 Å². The van der Waals surface area contributed by atoms with Gasteiger partial charge in [-0.15, -0.1) is 4.40 Å². The summed E-state index contributed by atoms with van der Waals surface area (Å²) >= 11 is 0. The van der Waals surface area contributed by atoms with Gasteiger partial charge in [0.05, 0.1) is 22.2 Å². The van der Waals surface area contributed by atoms with Crippen molar-refractivity contribution in [2.45, 2.75) is 11.8 Å². The number of aryl methyl sites for hydroxylation is 1. The van der Waals surface area contributed by atoms with Crippen LogP contribution in [0.3, 0.4) is 0 Å². The standard InChI is InChI=1S/C17H12N2O4S/c1-12-6-8-13(9-7-12)24(22,23)18-10-11-19-16(20)14-4-2-3-5-15(14)17(19)21/h2-9,11H,1H3. The second-order valence-corrected chi connectivity index (χ2v) is 6.77. The molecule has 0 aromatic heterocycles. The van der Waals surface area contributed by atoms with E-state index in [9.17, 15) is 18.0 Å². The summed E-state index contributed by atoms with van der Waals surface area (Å²) in [4.78, 5) is 25.0. The summed E-state index contributed by atoms with van der Waals surface area (Å²) in [6.07, 6.45) is 0.941. The molecule has 3 rings (SSSR count). The van der Waals surface area contributed by atoms with Crippen LogP contribution >= 0.6 is 0 Å². The number of nitrogens with zero attached hydrogens (tertiary/aromatic N) is 2. The van der Waals surface area contributed by atoms with Crippen LogP contribution in [0.4, 0.5) is 0 Å². The van der Waals surface area contributed by atoms with Gasteiger partial charge in [0.15, 0.2) is 0 Å². The van der Waals surface area contributed by atoms with Crippen LogP contribution in [-0.2, 0) is 10.0 Å². The van der Waals surface area contributed by atoms with Gasteiger partial charge < -0.3 is 0 Å². The van der Waals surface area contributed by atoms with E-state index in [0.29, 0.717) is 0 Å². The molecule has 0 N–H and O–H groups in total. The Morgan fingerprint density at radius 1 is 0.958 bits per heavy atom. The first-order valence-electron chi connectivity index (χ1n) is 6.99. The molecule has 0 fully saturated rings. The highest BCUT2D eigenvalue weighted by Crippen LogP contribution is 2.22. The highest BCUT2D eigenvalue weighted by Gasteiger charge is 2.33. The Balaban J connectivity index is 1.89. The molecule has 0 spiro atoms. The summed E-state index contributed by atoms with van der Waals surface area (Å²) < 4.78 is 27.5. The van der Waals surface area contributed by atoms with Gasteiger partial charge in [0, 0.05) is 5.87 Å². The SMILES string of the molecule is Cc1ccc(S(=O)(=O)N=C=CN2C(=O)c3ccccc3C2=O)cc1. The molecule has 0 saturated heterocycles. The van der Waals surface area contributed by atoms with Crippen LogP contribution < -0.4 is 0 Å². The first kappa shape index (κ1) is 15.9. The van der Waals surface area contributed by atoms with Crippen molar-refractivity contribution < 1.29 is 18.0 Å². The summed E-state index contributed by atoms with van der Waals surface area (Å²) in [6.45, 7) is 1.84. The molecule has 2 aromatic carbocycles. The van der Waals surface area contributed by atoms with Crippen molar-refractivity contribution in [1.82, 2.24) is 4.90 Å². The van der Waals surface area contributed by atoms with Crippen molar-refractivity contribution in [2.24, 2.45) is 4.40 Å². The fourth-order valence-electron chi connectivity index (χ4n) is 2.24. The summed E-state index contributed by atoms with van der Waals surface area (Å²) in [5, 5.41) is 0. The smallest absolute Gasteiger partial charge is 0.268 e. The minimum absolute atomic E-state index is 0.0105. The summed E-state index contributed by atoms with van der Waals surface area (Å²) in [6, 6.07) is 12.5. The minimum Gasteiger partial charge on any atom is -0.268 e. The third kappa shape index (κ3) is 2.78. The average molecular weight is 340 g/mol. The Bertz CT molecular complexity index is 966. The van der Waals surface area contributed by atoms with E-state index in [4.69, 9.17) is 0 Å². The molecular formula is C17H12N2O4S. The minimum atomic E-state index is -3.94. The molecule has 0 radical (unpaired) electrons. The van der Waals surface area contributed by atoms with E-state index in [1.807, 2.05) is 6.92 Å². The lowest BCUT2D eigenvalue weighted by Crippen LogP contribution is -2.23. The van der Waals surface area contributed by atoms with Gasteiger partial charge in [0.25, 0.3) is 21.8 Å². The van der Waals surface area contributed by atoms with E-state index in [-0.39, 0.29) is 16.0 Å². The van der Waals surface area contributed by atoms with Gasteiger partial charge in [-0.25, -0.2) is 4.90 Å². The fourth-order valence-corrected chi connectivity index (χ4v) is 3.01. The van der Waals surface area contributed by atoms with Crippen LogP contribution in [0.1, 0.15) is 26.3 Å². The van der Waals surface area contributed by atoms with Gasteiger partial charge >= 0.3 is 0 Å². The van der Waals surface area contributed by atoms with E-state index in [1.54, 1.807) is 24.3 Å². The predicted molar refractivity (Wildman–Crippen MR) is 87.3 cm³/mol. The third-order valence-electron chi connectivity index (χ3n) is 3.50. The van der Waals surface area contributed by atoms with Crippen LogP contribution in [0.2, 0.25) is 0 Å². The lowest BCUT2D eigenvalue weighted by Gasteiger charge is -2.04. The quantitative estimate of drug-likeness (QED) is 0.633. The molecule has 1 aliphatic rings. The molecule has 0 atom stereocenters. The molecule has 7 heteroatoms. The van der Waals surface area contributed by atoms with Gasteiger partial charge in [-0.2, -0.15) is 8.42 Å². The van der Waals surface area contributed by atoms with E-state index in [2.05, 4.69) is 10.3 Å². The van der Waals surface area contributed by atoms with Crippen LogP contribution in [0.5, 0.6) is 0 Å². The lowest BCUT2D eigenvalue weighted by atomic mass is 10.1. The number of carbonyl (C=O) groups is 2. The van der Waals surface area contributed by atoms with Crippen LogP contribution in [0.25, 0.3) is 0 Å². The number of amides is 2. The zero-order valence-electron chi connectivity index (χ0n) is 12.6. The molecule has 6 nitrogen and oxygen atoms in total. The maximum absolute atomic E-state index is 12.1. The summed E-state index contributed by atoms with van der Waals surface area (Å²) in [7, 11) is -3.94. The molecule has 0 aliphatic carbocycles. The molecule has 120 valence electrons. The first-order valence-corrected chi connectivity index (χ1v) is 8.43. The Hall–Kier alpha value is -3.02. The zero-order chi connectivity index (χ0) is 17.3. The highest BCUT2D eigenvalue weighted by atomic mass is 32.2. The maximum Gasteiger partial charge on any atom is 0.289 e. The van der Waals surface area contributed by atoms with E-state index in [1.165, 1.54) is 24.3 Å². The zero-order valence-corrected chi connectivity index (χ0v) is 13.4. The van der Waals surface area contributed by atoms with Gasteiger partial charge in [-0.1, -0.05) is 29.8 Å². The predicted octanol–water partition coefficient (Wildman–Crippen LogP) is 2.16. The number of benzene rings is 2. The van der Waals surface area contributed by atoms with Crippen molar-refractivity contribution in [2.75, 3.05) is 0 Å². The molecule has 1 heterocycles. The fraction of sp³-hybridized carbons (Fsp3) is 0.0588. The number of sulfonamides is 1. The number of fused-ring (bicyclic) bond motifs is 1. The molecule has 0 unspecified atom stereocenters. The first-order chi connectivity index (χ1) is 11.4. The Labute approximate surface area is 138 Å². The van der Waals surface area contributed by atoms with Crippen LogP contribution in [0.15, 0.2) is 64.0 Å². The largest absolute Gasteiger partial charge is 0.289 e. The number of rotatable bonds is 3. The topological polar surface area (TPSA) is 83.9 Å². The number of hydrogen-bond acceptors (Lipinski definition) is 4. The molecule has 0 bridgehead atoms. The number of imide groups is 1. The highest BCUT2D eigenvalue weighted by molar-refractivity contribution is 7.90. The van der Waals surface area contributed by atoms with Gasteiger partial charge in [0.1, 0.15) is 0 Å². The lowest BCUT2D eigenvalue weighted by molar-refractivity contribution is 0.0723. The van der Waals surface area contributed by atoms with Gasteiger partial charge in [-0.3, -0.25) is 9.59 Å². The third-order valence-corrected chi connectivity index (χ3v) is 4.72. The maximum atomic E-state index is 12.1. The molecule has 24 heavy (non-hydrogen) atoms. The normalized spacial score (nSPS) is 13.5. The second kappa shape index (κ2) is 5.88. The molecule has 2 aromatic rings.